The Balaban J connectivity index is 0.00000114. The monoisotopic (exact) mass is 548 g/mol. The van der Waals surface area contributed by atoms with Crippen molar-refractivity contribution >= 4 is 63.2 Å². The summed E-state index contributed by atoms with van der Waals surface area (Å²) < 4.78 is 5.32. The Morgan fingerprint density at radius 1 is 0.611 bits per heavy atom. The Morgan fingerprint density at radius 2 is 1.11 bits per heavy atom. The summed E-state index contributed by atoms with van der Waals surface area (Å²) in [6, 6.07) is 24.5. The number of hydrogen-bond donors (Lipinski definition) is 2. The van der Waals surface area contributed by atoms with Gasteiger partial charge in [0.25, 0.3) is 0 Å². The maximum absolute atomic E-state index is 5.32. The number of benzene rings is 1. The summed E-state index contributed by atoms with van der Waals surface area (Å²) in [5, 5.41) is 0. The first-order chi connectivity index (χ1) is 15.7. The molecule has 5 heterocycles. The molecule has 0 radical (unpaired) electrons. The van der Waals surface area contributed by atoms with E-state index in [9.17, 15) is 0 Å². The first kappa shape index (κ1) is 29.3. The minimum atomic E-state index is 0. The predicted octanol–water partition coefficient (Wildman–Crippen LogP) is -3.29. The third-order valence-corrected chi connectivity index (χ3v) is 5.57. The van der Waals surface area contributed by atoms with E-state index in [1.165, 1.54) is 0 Å². The molecule has 2 aliphatic heterocycles. The van der Waals surface area contributed by atoms with Crippen LogP contribution in [0.25, 0.3) is 45.9 Å². The topological polar surface area (TPSA) is 66.6 Å². The summed E-state index contributed by atoms with van der Waals surface area (Å²) >= 11 is 0. The number of nitrogens with one attached hydrogen (secondary N) is 2. The van der Waals surface area contributed by atoms with Crippen LogP contribution in [-0.2, 0) is 0 Å². The molecule has 0 saturated heterocycles. The molecule has 178 valence electrons. The molecule has 2 N–H and O–H groups in total. The van der Waals surface area contributed by atoms with Gasteiger partial charge >= 0.3 is 17.4 Å². The molecular weight excluding hydrogens is 530 g/mol. The van der Waals surface area contributed by atoms with Crippen LogP contribution in [0.2, 0.25) is 0 Å². The second-order valence-electron chi connectivity index (χ2n) is 7.82. The molecule has 1 aromatic carbocycles. The fourth-order valence-corrected chi connectivity index (χ4v) is 4.02. The smallest absolute Gasteiger partial charge is 1.00 e. The van der Waals surface area contributed by atoms with Crippen molar-refractivity contribution in [3.8, 4) is 5.75 Å². The maximum atomic E-state index is 5.32. The van der Waals surface area contributed by atoms with Gasteiger partial charge in [-0.05, 0) is 84.5 Å². The summed E-state index contributed by atoms with van der Waals surface area (Å²) in [7, 11) is 1.68. The van der Waals surface area contributed by atoms with E-state index in [4.69, 9.17) is 14.7 Å². The summed E-state index contributed by atoms with van der Waals surface area (Å²) in [6.45, 7) is 0. The van der Waals surface area contributed by atoms with E-state index in [-0.39, 0.29) is 54.6 Å². The van der Waals surface area contributed by atoms with Crippen molar-refractivity contribution in [3.05, 3.63) is 101 Å². The first-order valence-electron chi connectivity index (χ1n) is 10.4. The van der Waals surface area contributed by atoms with E-state index in [1.54, 1.807) is 7.11 Å². The molecule has 8 bridgehead atoms. The number of methoxy groups -OCH3 is 1. The number of nitrogens with zero attached hydrogens (tertiary/aromatic N) is 2. The molecule has 0 unspecified atom stereocenters. The van der Waals surface area contributed by atoms with Gasteiger partial charge in [0.15, 0.2) is 0 Å². The number of rotatable bonds is 2. The van der Waals surface area contributed by atoms with Crippen molar-refractivity contribution in [1.82, 2.24) is 19.9 Å². The molecule has 3 aromatic heterocycles. The van der Waals surface area contributed by atoms with Crippen molar-refractivity contribution in [2.75, 3.05) is 7.11 Å². The van der Waals surface area contributed by atoms with Gasteiger partial charge in [0.1, 0.15) is 5.75 Å². The number of aromatic nitrogens is 4. The molecule has 0 fully saturated rings. The SMILES string of the molecule is COc1ccc(C2=Cc3cc4ccc(cc5nc(cc6ccc(cc2n3)[nH]6)C=C5)[nH]4)cc1.[Al+3].[Cl-].[Cl-].[Cl-]. The van der Waals surface area contributed by atoms with Crippen LogP contribution in [0.1, 0.15) is 28.3 Å². The molecule has 9 heteroatoms. The number of fused-ring (bicyclic) bond motifs is 8. The molecular formula is C27H20AlCl3N4O. The molecule has 5 nitrogen and oxygen atoms in total. The van der Waals surface area contributed by atoms with E-state index in [2.05, 4.69) is 64.6 Å². The zero-order valence-electron chi connectivity index (χ0n) is 19.2. The maximum Gasteiger partial charge on any atom is 3.00 e. The van der Waals surface area contributed by atoms with Crippen LogP contribution in [0.4, 0.5) is 0 Å². The van der Waals surface area contributed by atoms with E-state index < -0.39 is 0 Å². The molecule has 0 amide bonds. The van der Waals surface area contributed by atoms with Gasteiger partial charge in [-0.2, -0.15) is 0 Å². The summed E-state index contributed by atoms with van der Waals surface area (Å²) in [4.78, 5) is 16.5. The van der Waals surface area contributed by atoms with Gasteiger partial charge in [0, 0.05) is 27.6 Å². The van der Waals surface area contributed by atoms with Gasteiger partial charge in [-0.1, -0.05) is 12.1 Å². The van der Waals surface area contributed by atoms with Crippen LogP contribution in [0.5, 0.6) is 5.75 Å². The van der Waals surface area contributed by atoms with Crippen molar-refractivity contribution in [3.63, 3.8) is 0 Å². The van der Waals surface area contributed by atoms with E-state index >= 15 is 0 Å². The molecule has 6 rings (SSSR count). The van der Waals surface area contributed by atoms with Gasteiger partial charge in [-0.3, -0.25) is 0 Å². The van der Waals surface area contributed by atoms with E-state index in [0.717, 1.165) is 61.7 Å². The molecule has 0 spiro atoms. The third kappa shape index (κ3) is 6.04. The minimum Gasteiger partial charge on any atom is -1.00 e. The van der Waals surface area contributed by atoms with Gasteiger partial charge < -0.3 is 51.9 Å². The number of ether oxygens (including phenoxy) is 1. The fourth-order valence-electron chi connectivity index (χ4n) is 4.02. The van der Waals surface area contributed by atoms with Crippen molar-refractivity contribution in [2.24, 2.45) is 0 Å². The van der Waals surface area contributed by atoms with Crippen LogP contribution in [-0.4, -0.2) is 44.4 Å². The third-order valence-electron chi connectivity index (χ3n) is 5.57. The Hall–Kier alpha value is -2.98. The number of hydrogen-bond acceptors (Lipinski definition) is 3. The van der Waals surface area contributed by atoms with Crippen LogP contribution in [0.15, 0.2) is 72.8 Å². The second kappa shape index (κ2) is 12.3. The second-order valence-corrected chi connectivity index (χ2v) is 7.82. The zero-order valence-corrected chi connectivity index (χ0v) is 22.6. The normalized spacial score (nSPS) is 11.2. The summed E-state index contributed by atoms with van der Waals surface area (Å²) in [6.07, 6.45) is 6.17. The molecule has 2 aliphatic rings. The van der Waals surface area contributed by atoms with Gasteiger partial charge in [-0.15, -0.1) is 0 Å². The Bertz CT molecular complexity index is 1570. The zero-order chi connectivity index (χ0) is 21.5. The van der Waals surface area contributed by atoms with Crippen LogP contribution < -0.4 is 42.0 Å². The van der Waals surface area contributed by atoms with Crippen LogP contribution >= 0.6 is 0 Å². The average Bonchev–Trinajstić information content (AvgIpc) is 3.59. The number of H-pyrrole nitrogens is 2. The number of aromatic amines is 2. The van der Waals surface area contributed by atoms with Gasteiger partial charge in [0.2, 0.25) is 0 Å². The predicted molar refractivity (Wildman–Crippen MR) is 136 cm³/mol. The van der Waals surface area contributed by atoms with E-state index in [1.807, 2.05) is 36.4 Å². The molecule has 0 atom stereocenters. The Kier molecular flexibility index (Phi) is 10.0. The standard InChI is InChI=1S/C27H20N4O.Al.3ClH/c1-32-25-10-2-17(3-11-25)26-15-24-14-22-7-6-20(29-22)12-18-4-5-19(28-18)13-21-8-9-23(30-21)16-27(26)31-24;;;;/h2-16,29-30H,1H3;;3*1H/q;+3;;;/p-3. The molecule has 0 aliphatic carbocycles. The summed E-state index contributed by atoms with van der Waals surface area (Å²) in [5.41, 5.74) is 9.80. The van der Waals surface area contributed by atoms with Crippen LogP contribution in [0.3, 0.4) is 0 Å². The molecule has 0 saturated carbocycles. The minimum absolute atomic E-state index is 0. The average molecular weight is 550 g/mol. The molecule has 36 heavy (non-hydrogen) atoms. The van der Waals surface area contributed by atoms with E-state index in [0.29, 0.717) is 0 Å². The fraction of sp³-hybridized carbons (Fsp3) is 0.0370. The quantitative estimate of drug-likeness (QED) is 0.223. The molecule has 4 aromatic rings. The van der Waals surface area contributed by atoms with Crippen molar-refractivity contribution in [1.29, 1.82) is 0 Å². The van der Waals surface area contributed by atoms with Crippen LogP contribution in [0, 0.1) is 0 Å². The largest absolute Gasteiger partial charge is 3.00 e. The van der Waals surface area contributed by atoms with Gasteiger partial charge in [0.05, 0.1) is 29.9 Å². The Morgan fingerprint density at radius 3 is 1.64 bits per heavy atom. The summed E-state index contributed by atoms with van der Waals surface area (Å²) in [5.74, 6) is 0.833. The Labute approximate surface area is 238 Å². The van der Waals surface area contributed by atoms with Gasteiger partial charge in [-0.25, -0.2) is 9.97 Å². The number of halogens is 3. The van der Waals surface area contributed by atoms with Crippen molar-refractivity contribution < 1.29 is 42.0 Å². The van der Waals surface area contributed by atoms with Crippen molar-refractivity contribution in [2.45, 2.75) is 0 Å². The first-order valence-corrected chi connectivity index (χ1v) is 10.4.